The van der Waals surface area contributed by atoms with Crippen LogP contribution in [0.25, 0.3) is 0 Å². The van der Waals surface area contributed by atoms with E-state index in [4.69, 9.17) is 5.73 Å². The van der Waals surface area contributed by atoms with E-state index in [0.717, 1.165) is 6.07 Å². The number of halogens is 1. The van der Waals surface area contributed by atoms with Gasteiger partial charge in [-0.1, -0.05) is 13.8 Å². The standard InChI is InChI=1S/C12H18FN3O2/c1-7(2)10(14)6-15-11-4-8(3)9(13)5-12(11)16(17)18/h4-5,7,10,15H,6,14H2,1-3H3. The smallest absolute Gasteiger partial charge is 0.295 e. The highest BCUT2D eigenvalue weighted by Crippen LogP contribution is 2.27. The van der Waals surface area contributed by atoms with Crippen molar-refractivity contribution in [3.05, 3.63) is 33.6 Å². The Balaban J connectivity index is 2.93. The van der Waals surface area contributed by atoms with Crippen molar-refractivity contribution in [1.82, 2.24) is 0 Å². The number of nitrogens with one attached hydrogen (secondary N) is 1. The predicted molar refractivity (Wildman–Crippen MR) is 69.1 cm³/mol. The molecule has 0 bridgehead atoms. The van der Waals surface area contributed by atoms with E-state index in [0.29, 0.717) is 17.8 Å². The Bertz CT molecular complexity index is 449. The third-order valence-corrected chi connectivity index (χ3v) is 2.86. The van der Waals surface area contributed by atoms with Crippen molar-refractivity contribution in [3.63, 3.8) is 0 Å². The molecule has 3 N–H and O–H groups in total. The normalized spacial score (nSPS) is 12.6. The monoisotopic (exact) mass is 255 g/mol. The molecule has 0 aliphatic rings. The summed E-state index contributed by atoms with van der Waals surface area (Å²) in [4.78, 5) is 10.2. The van der Waals surface area contributed by atoms with Gasteiger partial charge in [0.05, 0.1) is 11.0 Å². The molecule has 0 spiro atoms. The molecule has 0 saturated heterocycles. The number of nitro groups is 1. The number of nitro benzene ring substituents is 1. The maximum absolute atomic E-state index is 13.3. The van der Waals surface area contributed by atoms with Crippen LogP contribution in [0.15, 0.2) is 12.1 Å². The van der Waals surface area contributed by atoms with Crippen LogP contribution < -0.4 is 11.1 Å². The van der Waals surface area contributed by atoms with Gasteiger partial charge in [-0.25, -0.2) is 4.39 Å². The van der Waals surface area contributed by atoms with Gasteiger partial charge in [0.1, 0.15) is 11.5 Å². The van der Waals surface area contributed by atoms with Gasteiger partial charge in [-0.2, -0.15) is 0 Å². The van der Waals surface area contributed by atoms with Gasteiger partial charge in [-0.3, -0.25) is 10.1 Å². The molecular formula is C12H18FN3O2. The van der Waals surface area contributed by atoms with Crippen molar-refractivity contribution in [2.24, 2.45) is 11.7 Å². The maximum Gasteiger partial charge on any atom is 0.295 e. The summed E-state index contributed by atoms with van der Waals surface area (Å²) in [5, 5.41) is 13.7. The van der Waals surface area contributed by atoms with E-state index in [-0.39, 0.29) is 17.6 Å². The molecule has 0 heterocycles. The molecule has 1 aromatic carbocycles. The van der Waals surface area contributed by atoms with Crippen molar-refractivity contribution in [3.8, 4) is 0 Å². The van der Waals surface area contributed by atoms with E-state index in [9.17, 15) is 14.5 Å². The highest BCUT2D eigenvalue weighted by Gasteiger charge is 2.18. The Kier molecular flexibility index (Phi) is 4.61. The topological polar surface area (TPSA) is 81.2 Å². The van der Waals surface area contributed by atoms with Gasteiger partial charge in [0.2, 0.25) is 0 Å². The second-order valence-corrected chi connectivity index (χ2v) is 4.66. The van der Waals surface area contributed by atoms with Crippen LogP contribution >= 0.6 is 0 Å². The van der Waals surface area contributed by atoms with E-state index >= 15 is 0 Å². The van der Waals surface area contributed by atoms with Crippen LogP contribution in [0.1, 0.15) is 19.4 Å². The Morgan fingerprint density at radius 1 is 1.50 bits per heavy atom. The molecule has 1 atom stereocenters. The van der Waals surface area contributed by atoms with Gasteiger partial charge in [-0.15, -0.1) is 0 Å². The first kappa shape index (κ1) is 14.4. The molecule has 0 amide bonds. The zero-order chi connectivity index (χ0) is 13.9. The molecular weight excluding hydrogens is 237 g/mol. The van der Waals surface area contributed by atoms with Crippen LogP contribution in [-0.4, -0.2) is 17.5 Å². The number of nitrogens with two attached hydrogens (primary N) is 1. The molecule has 0 aliphatic carbocycles. The predicted octanol–water partition coefficient (Wildman–Crippen LogP) is 2.44. The minimum atomic E-state index is -0.605. The first-order chi connectivity index (χ1) is 8.32. The first-order valence-electron chi connectivity index (χ1n) is 5.77. The second kappa shape index (κ2) is 5.77. The lowest BCUT2D eigenvalue weighted by Crippen LogP contribution is -2.34. The van der Waals surface area contributed by atoms with E-state index in [1.54, 1.807) is 6.92 Å². The minimum absolute atomic E-state index is 0.116. The van der Waals surface area contributed by atoms with Crippen LogP contribution in [0.3, 0.4) is 0 Å². The third-order valence-electron chi connectivity index (χ3n) is 2.86. The molecule has 0 aromatic heterocycles. The fourth-order valence-electron chi connectivity index (χ4n) is 1.43. The number of benzene rings is 1. The average molecular weight is 255 g/mol. The van der Waals surface area contributed by atoms with Gasteiger partial charge in [0, 0.05) is 12.6 Å². The quantitative estimate of drug-likeness (QED) is 0.625. The summed E-state index contributed by atoms with van der Waals surface area (Å²) < 4.78 is 13.3. The van der Waals surface area contributed by atoms with Crippen molar-refractivity contribution in [1.29, 1.82) is 0 Å². The molecule has 0 saturated carbocycles. The van der Waals surface area contributed by atoms with Gasteiger partial charge in [-0.05, 0) is 24.5 Å². The largest absolute Gasteiger partial charge is 0.378 e. The van der Waals surface area contributed by atoms with Crippen LogP contribution in [0.2, 0.25) is 0 Å². The summed E-state index contributed by atoms with van der Waals surface area (Å²) in [5.41, 5.74) is 6.25. The number of nitrogens with zero attached hydrogens (tertiary/aromatic N) is 1. The number of anilines is 1. The lowest BCUT2D eigenvalue weighted by Gasteiger charge is -2.17. The van der Waals surface area contributed by atoms with Crippen molar-refractivity contribution >= 4 is 11.4 Å². The van der Waals surface area contributed by atoms with Crippen LogP contribution in [0.5, 0.6) is 0 Å². The molecule has 5 nitrogen and oxygen atoms in total. The zero-order valence-corrected chi connectivity index (χ0v) is 10.7. The van der Waals surface area contributed by atoms with Gasteiger partial charge in [0.25, 0.3) is 5.69 Å². The Morgan fingerprint density at radius 2 is 2.11 bits per heavy atom. The molecule has 0 fully saturated rings. The Morgan fingerprint density at radius 3 is 2.61 bits per heavy atom. The third kappa shape index (κ3) is 3.40. The minimum Gasteiger partial charge on any atom is -0.378 e. The molecule has 18 heavy (non-hydrogen) atoms. The zero-order valence-electron chi connectivity index (χ0n) is 10.7. The SMILES string of the molecule is Cc1cc(NCC(N)C(C)C)c([N+](=O)[O-])cc1F. The Hall–Kier alpha value is -1.69. The Labute approximate surface area is 105 Å². The lowest BCUT2D eigenvalue weighted by atomic mass is 10.1. The summed E-state index contributed by atoms with van der Waals surface area (Å²) >= 11 is 0. The van der Waals surface area contributed by atoms with Crippen LogP contribution in [0.4, 0.5) is 15.8 Å². The summed E-state index contributed by atoms with van der Waals surface area (Å²) in [5.74, 6) is -0.321. The van der Waals surface area contributed by atoms with Gasteiger partial charge in [0.15, 0.2) is 0 Å². The van der Waals surface area contributed by atoms with E-state index in [1.165, 1.54) is 6.07 Å². The number of rotatable bonds is 5. The average Bonchev–Trinajstić information content (AvgIpc) is 2.29. The van der Waals surface area contributed by atoms with E-state index in [1.807, 2.05) is 13.8 Å². The van der Waals surface area contributed by atoms with Crippen LogP contribution in [0, 0.1) is 28.8 Å². The highest BCUT2D eigenvalue weighted by molar-refractivity contribution is 5.63. The summed E-state index contributed by atoms with van der Waals surface area (Å²) in [6.07, 6.45) is 0. The number of hydrogen-bond acceptors (Lipinski definition) is 4. The molecule has 0 aliphatic heterocycles. The van der Waals surface area contributed by atoms with Crippen molar-refractivity contribution in [2.45, 2.75) is 26.8 Å². The lowest BCUT2D eigenvalue weighted by molar-refractivity contribution is -0.384. The summed E-state index contributed by atoms with van der Waals surface area (Å²) in [6, 6.07) is 2.24. The van der Waals surface area contributed by atoms with E-state index in [2.05, 4.69) is 5.32 Å². The van der Waals surface area contributed by atoms with E-state index < -0.39 is 10.7 Å². The molecule has 1 aromatic rings. The summed E-state index contributed by atoms with van der Waals surface area (Å²) in [6.45, 7) is 5.91. The molecule has 1 unspecified atom stereocenters. The van der Waals surface area contributed by atoms with Crippen molar-refractivity contribution in [2.75, 3.05) is 11.9 Å². The van der Waals surface area contributed by atoms with Gasteiger partial charge >= 0.3 is 0 Å². The number of hydrogen-bond donors (Lipinski definition) is 2. The first-order valence-corrected chi connectivity index (χ1v) is 5.77. The number of aryl methyl sites for hydroxylation is 1. The molecule has 6 heteroatoms. The highest BCUT2D eigenvalue weighted by atomic mass is 19.1. The molecule has 0 radical (unpaired) electrons. The van der Waals surface area contributed by atoms with Crippen LogP contribution in [-0.2, 0) is 0 Å². The fourth-order valence-corrected chi connectivity index (χ4v) is 1.43. The fraction of sp³-hybridized carbons (Fsp3) is 0.500. The van der Waals surface area contributed by atoms with Crippen molar-refractivity contribution < 1.29 is 9.31 Å². The van der Waals surface area contributed by atoms with Gasteiger partial charge < -0.3 is 11.1 Å². The second-order valence-electron chi connectivity index (χ2n) is 4.66. The summed E-state index contributed by atoms with van der Waals surface area (Å²) in [7, 11) is 0. The maximum atomic E-state index is 13.3. The molecule has 100 valence electrons. The molecule has 1 rings (SSSR count).